The third-order valence-corrected chi connectivity index (χ3v) is 3.72. The highest BCUT2D eigenvalue weighted by molar-refractivity contribution is 6.31. The molecule has 2 aromatic carbocycles. The van der Waals surface area contributed by atoms with Gasteiger partial charge in [0.15, 0.2) is 0 Å². The number of amides is 1. The second-order valence-electron chi connectivity index (χ2n) is 5.04. The molecule has 0 unspecified atom stereocenters. The minimum absolute atomic E-state index is 0.0210. The van der Waals surface area contributed by atoms with Crippen LogP contribution in [0.1, 0.15) is 15.9 Å². The summed E-state index contributed by atoms with van der Waals surface area (Å²) in [5.74, 6) is -0.0210. The van der Waals surface area contributed by atoms with Crippen molar-refractivity contribution < 1.29 is 4.79 Å². The van der Waals surface area contributed by atoms with Crippen molar-refractivity contribution in [2.24, 2.45) is 0 Å². The largest absolute Gasteiger partial charge is 0.360 e. The molecule has 3 nitrogen and oxygen atoms in total. The number of hydrogen-bond donors (Lipinski definition) is 1. The maximum Gasteiger partial charge on any atom is 0.256 e. The minimum atomic E-state index is -0.0210. The Kier molecular flexibility index (Phi) is 3.67. The van der Waals surface area contributed by atoms with Gasteiger partial charge in [0.1, 0.15) is 0 Å². The zero-order valence-electron chi connectivity index (χ0n) is 11.6. The Bertz CT molecular complexity index is 780. The van der Waals surface area contributed by atoms with Crippen molar-refractivity contribution in [3.8, 4) is 0 Å². The first-order valence-corrected chi connectivity index (χ1v) is 7.09. The van der Waals surface area contributed by atoms with Gasteiger partial charge in [-0.25, -0.2) is 0 Å². The van der Waals surface area contributed by atoms with Crippen LogP contribution in [0.5, 0.6) is 0 Å². The molecule has 1 N–H and O–H groups in total. The number of benzene rings is 2. The summed E-state index contributed by atoms with van der Waals surface area (Å²) in [6.07, 6.45) is 1.74. The Morgan fingerprint density at radius 2 is 1.95 bits per heavy atom. The molecule has 21 heavy (non-hydrogen) atoms. The monoisotopic (exact) mass is 298 g/mol. The fraction of sp³-hybridized carbons (Fsp3) is 0.118. The van der Waals surface area contributed by atoms with Gasteiger partial charge in [-0.3, -0.25) is 4.79 Å². The molecule has 0 aliphatic heterocycles. The standard InChI is InChI=1S/C17H15ClN2O/c1-20(11-12-5-3-2-4-6-12)17(21)15-10-19-16-8-7-13(18)9-14(15)16/h2-10,19H,11H2,1H3. The number of halogens is 1. The number of aromatic nitrogens is 1. The van der Waals surface area contributed by atoms with E-state index in [1.807, 2.05) is 48.5 Å². The van der Waals surface area contributed by atoms with Crippen molar-refractivity contribution in [2.75, 3.05) is 7.05 Å². The van der Waals surface area contributed by atoms with E-state index in [0.29, 0.717) is 17.1 Å². The van der Waals surface area contributed by atoms with E-state index >= 15 is 0 Å². The lowest BCUT2D eigenvalue weighted by molar-refractivity contribution is 0.0787. The van der Waals surface area contributed by atoms with Crippen molar-refractivity contribution >= 4 is 28.4 Å². The van der Waals surface area contributed by atoms with E-state index in [-0.39, 0.29) is 5.91 Å². The summed E-state index contributed by atoms with van der Waals surface area (Å²) in [7, 11) is 1.80. The lowest BCUT2D eigenvalue weighted by Crippen LogP contribution is -2.25. The molecule has 0 spiro atoms. The maximum atomic E-state index is 12.6. The van der Waals surface area contributed by atoms with Gasteiger partial charge in [0.25, 0.3) is 5.91 Å². The predicted molar refractivity (Wildman–Crippen MR) is 85.5 cm³/mol. The molecule has 106 valence electrons. The summed E-state index contributed by atoms with van der Waals surface area (Å²) in [5.41, 5.74) is 2.66. The average Bonchev–Trinajstić information content (AvgIpc) is 2.90. The van der Waals surface area contributed by atoms with Crippen LogP contribution >= 0.6 is 11.6 Å². The highest BCUT2D eigenvalue weighted by Gasteiger charge is 2.16. The van der Waals surface area contributed by atoms with Crippen molar-refractivity contribution in [1.82, 2.24) is 9.88 Å². The molecule has 0 bridgehead atoms. The van der Waals surface area contributed by atoms with E-state index in [0.717, 1.165) is 16.5 Å². The van der Waals surface area contributed by atoms with Crippen LogP contribution in [0.2, 0.25) is 5.02 Å². The number of aromatic amines is 1. The van der Waals surface area contributed by atoms with Gasteiger partial charge >= 0.3 is 0 Å². The SMILES string of the molecule is CN(Cc1ccccc1)C(=O)c1c[nH]c2ccc(Cl)cc12. The van der Waals surface area contributed by atoms with Gasteiger partial charge in [-0.2, -0.15) is 0 Å². The first-order valence-electron chi connectivity index (χ1n) is 6.71. The molecule has 0 aliphatic rings. The maximum absolute atomic E-state index is 12.6. The highest BCUT2D eigenvalue weighted by atomic mass is 35.5. The Labute approximate surface area is 128 Å². The summed E-state index contributed by atoms with van der Waals surface area (Å²) in [4.78, 5) is 17.4. The van der Waals surface area contributed by atoms with E-state index < -0.39 is 0 Å². The number of rotatable bonds is 3. The van der Waals surface area contributed by atoms with Crippen molar-refractivity contribution in [1.29, 1.82) is 0 Å². The molecule has 4 heteroatoms. The molecule has 0 atom stereocenters. The van der Waals surface area contributed by atoms with E-state index in [1.165, 1.54) is 0 Å². The molecule has 1 aromatic heterocycles. The highest BCUT2D eigenvalue weighted by Crippen LogP contribution is 2.23. The summed E-state index contributed by atoms with van der Waals surface area (Å²) in [5, 5.41) is 1.48. The molecule has 3 rings (SSSR count). The van der Waals surface area contributed by atoms with Gasteiger partial charge < -0.3 is 9.88 Å². The first-order chi connectivity index (χ1) is 10.1. The number of nitrogens with zero attached hydrogens (tertiary/aromatic N) is 1. The predicted octanol–water partition coefficient (Wildman–Crippen LogP) is 4.09. The minimum Gasteiger partial charge on any atom is -0.360 e. The number of carbonyl (C=O) groups excluding carboxylic acids is 1. The normalized spacial score (nSPS) is 10.8. The summed E-state index contributed by atoms with van der Waals surface area (Å²) < 4.78 is 0. The van der Waals surface area contributed by atoms with Crippen molar-refractivity contribution in [3.05, 3.63) is 70.9 Å². The molecular weight excluding hydrogens is 284 g/mol. The molecule has 0 fully saturated rings. The molecule has 0 saturated heterocycles. The molecule has 0 aliphatic carbocycles. The van der Waals surface area contributed by atoms with E-state index in [4.69, 9.17) is 11.6 Å². The van der Waals surface area contributed by atoms with Crippen LogP contribution < -0.4 is 0 Å². The van der Waals surface area contributed by atoms with Crippen LogP contribution in [-0.4, -0.2) is 22.8 Å². The molecule has 0 saturated carbocycles. The fourth-order valence-corrected chi connectivity index (χ4v) is 2.58. The second kappa shape index (κ2) is 5.62. The van der Waals surface area contributed by atoms with E-state index in [1.54, 1.807) is 18.1 Å². The summed E-state index contributed by atoms with van der Waals surface area (Å²) >= 11 is 6.02. The molecule has 3 aromatic rings. The lowest BCUT2D eigenvalue weighted by atomic mass is 10.1. The number of H-pyrrole nitrogens is 1. The molecule has 1 heterocycles. The van der Waals surface area contributed by atoms with Gasteiger partial charge in [0, 0.05) is 35.7 Å². The van der Waals surface area contributed by atoms with Crippen LogP contribution in [0.3, 0.4) is 0 Å². The average molecular weight is 299 g/mol. The lowest BCUT2D eigenvalue weighted by Gasteiger charge is -2.16. The Morgan fingerprint density at radius 3 is 2.71 bits per heavy atom. The van der Waals surface area contributed by atoms with Gasteiger partial charge in [-0.1, -0.05) is 41.9 Å². The number of nitrogens with one attached hydrogen (secondary N) is 1. The van der Waals surface area contributed by atoms with Crippen LogP contribution in [0.25, 0.3) is 10.9 Å². The Morgan fingerprint density at radius 1 is 1.19 bits per heavy atom. The van der Waals surface area contributed by atoms with Gasteiger partial charge in [0.2, 0.25) is 0 Å². The molecular formula is C17H15ClN2O. The number of carbonyl (C=O) groups is 1. The van der Waals surface area contributed by atoms with E-state index in [9.17, 15) is 4.79 Å². The van der Waals surface area contributed by atoms with Gasteiger partial charge in [-0.15, -0.1) is 0 Å². The number of fused-ring (bicyclic) bond motifs is 1. The van der Waals surface area contributed by atoms with Crippen molar-refractivity contribution in [3.63, 3.8) is 0 Å². The van der Waals surface area contributed by atoms with E-state index in [2.05, 4.69) is 4.98 Å². The Hall–Kier alpha value is -2.26. The Balaban J connectivity index is 1.88. The molecule has 1 amide bonds. The van der Waals surface area contributed by atoms with Crippen LogP contribution in [-0.2, 0) is 6.54 Å². The summed E-state index contributed by atoms with van der Waals surface area (Å²) in [6, 6.07) is 15.4. The fourth-order valence-electron chi connectivity index (χ4n) is 2.40. The quantitative estimate of drug-likeness (QED) is 0.776. The van der Waals surface area contributed by atoms with Gasteiger partial charge in [0.05, 0.1) is 5.56 Å². The van der Waals surface area contributed by atoms with Crippen LogP contribution in [0.4, 0.5) is 0 Å². The van der Waals surface area contributed by atoms with Crippen molar-refractivity contribution in [2.45, 2.75) is 6.54 Å². The smallest absolute Gasteiger partial charge is 0.256 e. The zero-order valence-corrected chi connectivity index (χ0v) is 12.4. The third-order valence-electron chi connectivity index (χ3n) is 3.48. The van der Waals surface area contributed by atoms with Gasteiger partial charge in [-0.05, 0) is 23.8 Å². The first kappa shape index (κ1) is 13.7. The van der Waals surface area contributed by atoms with Crippen LogP contribution in [0.15, 0.2) is 54.7 Å². The number of hydrogen-bond acceptors (Lipinski definition) is 1. The topological polar surface area (TPSA) is 36.1 Å². The van der Waals surface area contributed by atoms with Crippen LogP contribution in [0, 0.1) is 0 Å². The third kappa shape index (κ3) is 2.78. The second-order valence-corrected chi connectivity index (χ2v) is 5.48. The zero-order chi connectivity index (χ0) is 14.8. The molecule has 0 radical (unpaired) electrons. The summed E-state index contributed by atoms with van der Waals surface area (Å²) in [6.45, 7) is 0.576.